The number of rotatable bonds is 2. The number of hydrogen-bond donors (Lipinski definition) is 1. The van der Waals surface area contributed by atoms with Gasteiger partial charge in [-0.1, -0.05) is 24.4 Å². The monoisotopic (exact) mass is 298 g/mol. The molecule has 3 heterocycles. The molecule has 0 atom stereocenters. The minimum atomic E-state index is 0.542. The summed E-state index contributed by atoms with van der Waals surface area (Å²) in [5.74, 6) is 0.767. The fourth-order valence-electron chi connectivity index (χ4n) is 2.03. The molecule has 0 aromatic carbocycles. The summed E-state index contributed by atoms with van der Waals surface area (Å²) in [4.78, 5) is 9.07. The minimum Gasteiger partial charge on any atom is -0.491 e. The number of nitrogens with zero attached hydrogens (tertiary/aromatic N) is 3. The van der Waals surface area contributed by atoms with Crippen LogP contribution in [0.25, 0.3) is 0 Å². The van der Waals surface area contributed by atoms with Crippen LogP contribution in [0.5, 0.6) is 0 Å². The number of pyridine rings is 1. The maximum Gasteiger partial charge on any atom is 0.146 e. The molecule has 5 nitrogen and oxygen atoms in total. The molecule has 1 aromatic rings. The highest BCUT2D eigenvalue weighted by atomic mass is 32.1. The van der Waals surface area contributed by atoms with E-state index >= 15 is 0 Å². The number of hydrazone groups is 1. The van der Waals surface area contributed by atoms with Gasteiger partial charge in [0.05, 0.1) is 18.9 Å². The van der Waals surface area contributed by atoms with Crippen molar-refractivity contribution in [3.63, 3.8) is 0 Å². The average Bonchev–Trinajstić information content (AvgIpc) is 2.79. The number of aromatic nitrogens is 1. The van der Waals surface area contributed by atoms with Crippen LogP contribution in [0.15, 0.2) is 58.6 Å². The number of nitrogens with one attached hydrogen (secondary N) is 1. The molecule has 0 amide bonds. The van der Waals surface area contributed by atoms with E-state index in [1.54, 1.807) is 12.4 Å². The van der Waals surface area contributed by atoms with Gasteiger partial charge in [-0.05, 0) is 18.2 Å². The third kappa shape index (κ3) is 3.22. The maximum atomic E-state index is 5.61. The van der Waals surface area contributed by atoms with Crippen molar-refractivity contribution in [1.82, 2.24) is 10.4 Å². The number of thiocarbonyl (C=S) groups is 1. The molecule has 0 aliphatic carbocycles. The van der Waals surface area contributed by atoms with Gasteiger partial charge in [0.15, 0.2) is 0 Å². The lowest BCUT2D eigenvalue weighted by Crippen LogP contribution is -2.29. The Bertz CT molecular complexity index is 662. The second kappa shape index (κ2) is 6.41. The molecule has 106 valence electrons. The topological polar surface area (TPSA) is 58.9 Å². The van der Waals surface area contributed by atoms with Crippen molar-refractivity contribution in [2.45, 2.75) is 6.42 Å². The lowest BCUT2D eigenvalue weighted by Gasteiger charge is -2.19. The molecule has 2 aliphatic rings. The van der Waals surface area contributed by atoms with Gasteiger partial charge in [-0.2, -0.15) is 5.10 Å². The number of hydrogen-bond acceptors (Lipinski definition) is 5. The first-order chi connectivity index (χ1) is 10.3. The first-order valence-electron chi connectivity index (χ1n) is 6.66. The van der Waals surface area contributed by atoms with Gasteiger partial charge in [-0.15, -0.1) is 0 Å². The van der Waals surface area contributed by atoms with E-state index in [1.165, 1.54) is 0 Å². The Kier molecular flexibility index (Phi) is 4.16. The van der Waals surface area contributed by atoms with Crippen molar-refractivity contribution in [1.29, 1.82) is 0 Å². The third-order valence-electron chi connectivity index (χ3n) is 3.06. The van der Waals surface area contributed by atoms with E-state index in [0.717, 1.165) is 22.7 Å². The molecule has 2 aliphatic heterocycles. The molecule has 1 fully saturated rings. The molecule has 6 heteroatoms. The molecule has 21 heavy (non-hydrogen) atoms. The highest BCUT2D eigenvalue weighted by Crippen LogP contribution is 2.15. The highest BCUT2D eigenvalue weighted by molar-refractivity contribution is 7.80. The zero-order valence-electron chi connectivity index (χ0n) is 11.3. The molecule has 0 radical (unpaired) electrons. The van der Waals surface area contributed by atoms with Crippen molar-refractivity contribution in [2.75, 3.05) is 13.2 Å². The average molecular weight is 298 g/mol. The van der Waals surface area contributed by atoms with Gasteiger partial charge >= 0.3 is 0 Å². The number of fused-ring (bicyclic) bond motifs is 1. The molecule has 1 N–H and O–H groups in total. The lowest BCUT2D eigenvalue weighted by molar-refractivity contribution is 0.235. The van der Waals surface area contributed by atoms with Crippen LogP contribution in [0.2, 0.25) is 0 Å². The second-order valence-corrected chi connectivity index (χ2v) is 4.90. The van der Waals surface area contributed by atoms with Crippen molar-refractivity contribution >= 4 is 28.6 Å². The van der Waals surface area contributed by atoms with E-state index in [-0.39, 0.29) is 0 Å². The summed E-state index contributed by atoms with van der Waals surface area (Å²) >= 11 is 5.31. The van der Waals surface area contributed by atoms with Crippen LogP contribution in [0.1, 0.15) is 12.0 Å². The molecule has 0 spiro atoms. The summed E-state index contributed by atoms with van der Waals surface area (Å²) in [6.07, 6.45) is 9.97. The Morgan fingerprint density at radius 1 is 1.43 bits per heavy atom. The van der Waals surface area contributed by atoms with E-state index in [0.29, 0.717) is 24.6 Å². The quantitative estimate of drug-likeness (QED) is 0.670. The van der Waals surface area contributed by atoms with E-state index < -0.39 is 0 Å². The fourth-order valence-corrected chi connectivity index (χ4v) is 2.20. The summed E-state index contributed by atoms with van der Waals surface area (Å²) < 4.78 is 5.61. The van der Waals surface area contributed by atoms with Gasteiger partial charge in [0, 0.05) is 24.4 Å². The summed E-state index contributed by atoms with van der Waals surface area (Å²) in [5.41, 5.74) is 5.42. The van der Waals surface area contributed by atoms with Gasteiger partial charge in [-0.3, -0.25) is 15.4 Å². The maximum absolute atomic E-state index is 5.61. The minimum absolute atomic E-state index is 0.542. The summed E-state index contributed by atoms with van der Waals surface area (Å²) in [6.45, 7) is 1.23. The molecule has 0 saturated carbocycles. The van der Waals surface area contributed by atoms with Crippen LogP contribution in [0, 0.1) is 0 Å². The Morgan fingerprint density at radius 2 is 2.38 bits per heavy atom. The zero-order chi connectivity index (χ0) is 14.5. The largest absolute Gasteiger partial charge is 0.491 e. The zero-order valence-corrected chi connectivity index (χ0v) is 12.1. The van der Waals surface area contributed by atoms with Crippen molar-refractivity contribution in [3.8, 4) is 0 Å². The van der Waals surface area contributed by atoms with Gasteiger partial charge < -0.3 is 4.74 Å². The van der Waals surface area contributed by atoms with Gasteiger partial charge in [-0.25, -0.2) is 0 Å². The van der Waals surface area contributed by atoms with E-state index in [9.17, 15) is 0 Å². The smallest absolute Gasteiger partial charge is 0.146 e. The number of aliphatic imine (C=N–C) groups is 1. The highest BCUT2D eigenvalue weighted by Gasteiger charge is 2.22. The fraction of sp³-hybridized carbons (Fsp3) is 0.200. The third-order valence-corrected chi connectivity index (χ3v) is 3.38. The van der Waals surface area contributed by atoms with Gasteiger partial charge in [0.25, 0.3) is 0 Å². The number of ether oxygens (including phenoxy) is 1. The summed E-state index contributed by atoms with van der Waals surface area (Å²) in [7, 11) is 0. The van der Waals surface area contributed by atoms with Gasteiger partial charge in [0.1, 0.15) is 16.5 Å². The molecule has 3 rings (SSSR count). The van der Waals surface area contributed by atoms with Crippen LogP contribution in [-0.2, 0) is 4.74 Å². The van der Waals surface area contributed by atoms with Crippen LogP contribution in [0.4, 0.5) is 0 Å². The molecule has 1 saturated heterocycles. The van der Waals surface area contributed by atoms with Crippen LogP contribution in [0.3, 0.4) is 0 Å². The van der Waals surface area contributed by atoms with Crippen molar-refractivity contribution < 1.29 is 4.74 Å². The molecule has 1 aromatic heterocycles. The predicted octanol–water partition coefficient (Wildman–Crippen LogP) is 2.02. The Hall–Kier alpha value is -2.34. The predicted molar refractivity (Wildman–Crippen MR) is 86.6 cm³/mol. The molecular weight excluding hydrogens is 284 g/mol. The SMILES string of the molecule is S=C(N/N=C1/CCOC2=CC=CCN=C21)c1cccnc1. The van der Waals surface area contributed by atoms with E-state index in [4.69, 9.17) is 17.0 Å². The Morgan fingerprint density at radius 3 is 3.24 bits per heavy atom. The van der Waals surface area contributed by atoms with Crippen molar-refractivity contribution in [3.05, 3.63) is 54.1 Å². The summed E-state index contributed by atoms with van der Waals surface area (Å²) in [6, 6.07) is 3.73. The van der Waals surface area contributed by atoms with Crippen LogP contribution < -0.4 is 5.43 Å². The Balaban J connectivity index is 1.77. The normalized spacial score (nSPS) is 19.0. The second-order valence-electron chi connectivity index (χ2n) is 4.49. The molecular formula is C15H14N4OS. The lowest BCUT2D eigenvalue weighted by atomic mass is 10.1. The molecule has 0 bridgehead atoms. The standard InChI is InChI=1S/C15H14N4OS/c21-15(11-4-3-7-16-10-11)19-18-12-6-9-20-13-5-1-2-8-17-14(12)13/h1-5,7,10H,6,8-9H2,(H,19,21)/b18-12-. The molecule has 0 unspecified atom stereocenters. The van der Waals surface area contributed by atoms with Gasteiger partial charge in [0.2, 0.25) is 0 Å². The Labute approximate surface area is 128 Å². The first kappa shape index (κ1) is 13.6. The van der Waals surface area contributed by atoms with Crippen LogP contribution >= 0.6 is 12.2 Å². The van der Waals surface area contributed by atoms with Crippen molar-refractivity contribution in [2.24, 2.45) is 10.1 Å². The number of allylic oxidation sites excluding steroid dienone is 3. The van der Waals surface area contributed by atoms with E-state index in [1.807, 2.05) is 30.4 Å². The first-order valence-corrected chi connectivity index (χ1v) is 7.07. The summed E-state index contributed by atoms with van der Waals surface area (Å²) in [5, 5.41) is 4.40. The van der Waals surface area contributed by atoms with E-state index in [2.05, 4.69) is 20.5 Å². The van der Waals surface area contributed by atoms with Crippen LogP contribution in [-0.4, -0.2) is 34.5 Å².